The summed E-state index contributed by atoms with van der Waals surface area (Å²) < 4.78 is 47.8. The molecular formula is C32H40BFN2O7P2S. The number of ether oxygens (including phenoxy) is 1. The standard InChI is InChI=1S/C32H40BFN2O7P2S/c1-32(34,45)46(40,41)22-6-4-5-21(14-22)35-29(37)27-19-11-12-20(13-19)28(27)36(2)30(38)24-15-23(26(44)16-25(24)42-3)17-7-9-18(10-8-17)31(39)43-33/h4-7,14-16,18-20,27-28H,8-13,33,44-45H2,1-3H3,(H,35,37)/t18-,19+,20+,27+,28-,32?/m1/s1. The number of fused-ring (bicyclic) bond motifs is 2. The normalized spacial score (nSPS) is 25.3. The van der Waals surface area contributed by atoms with E-state index < -0.39 is 20.5 Å². The number of sulfone groups is 1. The van der Waals surface area contributed by atoms with Crippen LogP contribution in [0, 0.1) is 23.7 Å². The summed E-state index contributed by atoms with van der Waals surface area (Å²) in [6.45, 7) is 0.947. The monoisotopic (exact) mass is 688 g/mol. The molecule has 0 aromatic heterocycles. The smallest absolute Gasteiger partial charge is 0.325 e. The minimum Gasteiger partial charge on any atom is -0.543 e. The van der Waals surface area contributed by atoms with Gasteiger partial charge in [-0.1, -0.05) is 21.4 Å². The summed E-state index contributed by atoms with van der Waals surface area (Å²) in [6, 6.07) is 8.86. The van der Waals surface area contributed by atoms with E-state index in [4.69, 9.17) is 9.39 Å². The third-order valence-corrected chi connectivity index (χ3v) is 13.1. The highest BCUT2D eigenvalue weighted by molar-refractivity contribution is 7.96. The van der Waals surface area contributed by atoms with Gasteiger partial charge in [-0.25, -0.2) is 12.8 Å². The van der Waals surface area contributed by atoms with Crippen LogP contribution in [0.4, 0.5) is 10.1 Å². The van der Waals surface area contributed by atoms with Crippen LogP contribution in [0.2, 0.25) is 0 Å². The molecule has 0 heterocycles. The number of benzene rings is 2. The zero-order valence-corrected chi connectivity index (χ0v) is 29.5. The van der Waals surface area contributed by atoms with Gasteiger partial charge in [0.15, 0.2) is 0 Å². The summed E-state index contributed by atoms with van der Waals surface area (Å²) in [6.07, 6.45) is 6.47. The molecule has 2 amide bonds. The molecule has 3 aliphatic rings. The second-order valence-electron chi connectivity index (χ2n) is 12.6. The van der Waals surface area contributed by atoms with Crippen LogP contribution in [0.15, 0.2) is 47.4 Å². The first-order valence-corrected chi connectivity index (χ1v) is 18.0. The number of allylic oxidation sites excluding steroid dienone is 2. The molecule has 2 fully saturated rings. The van der Waals surface area contributed by atoms with Gasteiger partial charge in [0.1, 0.15) is 5.75 Å². The van der Waals surface area contributed by atoms with E-state index in [1.807, 2.05) is 18.2 Å². The lowest BCUT2D eigenvalue weighted by Crippen LogP contribution is -2.49. The second kappa shape index (κ2) is 13.4. The molecule has 0 radical (unpaired) electrons. The average molecular weight is 689 g/mol. The maximum atomic E-state index is 14.4. The maximum Gasteiger partial charge on any atom is 0.325 e. The number of hydrogen-bond donors (Lipinski definition) is 1. The molecule has 0 aliphatic heterocycles. The molecule has 9 nitrogen and oxygen atoms in total. The van der Waals surface area contributed by atoms with Crippen LogP contribution < -0.4 is 15.4 Å². The first kappa shape index (κ1) is 34.5. The zero-order chi connectivity index (χ0) is 33.6. The van der Waals surface area contributed by atoms with Crippen LogP contribution in [0.5, 0.6) is 5.75 Å². The number of carbonyl (C=O) groups is 3. The number of nitrogens with zero attached hydrogens (tertiary/aromatic N) is 1. The molecule has 3 unspecified atom stereocenters. The molecule has 5 rings (SSSR count). The molecule has 2 aromatic carbocycles. The van der Waals surface area contributed by atoms with Gasteiger partial charge in [0, 0.05) is 18.8 Å². The highest BCUT2D eigenvalue weighted by Gasteiger charge is 2.53. The van der Waals surface area contributed by atoms with Gasteiger partial charge in [-0.05, 0) is 104 Å². The number of amides is 2. The van der Waals surface area contributed by atoms with Crippen molar-refractivity contribution in [3.63, 3.8) is 0 Å². The average Bonchev–Trinajstić information content (AvgIpc) is 3.65. The van der Waals surface area contributed by atoms with Gasteiger partial charge in [-0.2, -0.15) is 0 Å². The van der Waals surface area contributed by atoms with Gasteiger partial charge in [-0.3, -0.25) is 14.4 Å². The number of carbonyl (C=O) groups excluding carboxylic acids is 3. The minimum absolute atomic E-state index is 0.0698. The van der Waals surface area contributed by atoms with Crippen molar-refractivity contribution >= 4 is 70.7 Å². The lowest BCUT2D eigenvalue weighted by Gasteiger charge is -2.37. The quantitative estimate of drug-likeness (QED) is 0.314. The molecule has 3 aliphatic carbocycles. The van der Waals surface area contributed by atoms with Crippen molar-refractivity contribution in [1.82, 2.24) is 4.90 Å². The van der Waals surface area contributed by atoms with E-state index in [0.717, 1.165) is 42.6 Å². The lowest BCUT2D eigenvalue weighted by atomic mass is 9.82. The first-order valence-electron chi connectivity index (χ1n) is 15.3. The zero-order valence-electron chi connectivity index (χ0n) is 26.4. The topological polar surface area (TPSA) is 119 Å². The van der Waals surface area contributed by atoms with Gasteiger partial charge >= 0.3 is 8.05 Å². The third-order valence-electron chi connectivity index (χ3n) is 9.77. The number of hydrogen-bond acceptors (Lipinski definition) is 7. The van der Waals surface area contributed by atoms with E-state index in [1.165, 1.54) is 33.4 Å². The minimum atomic E-state index is -4.30. The first-order chi connectivity index (χ1) is 21.7. The molecule has 2 aromatic rings. The fourth-order valence-corrected chi connectivity index (χ4v) is 9.21. The van der Waals surface area contributed by atoms with Crippen molar-refractivity contribution in [2.75, 3.05) is 19.5 Å². The van der Waals surface area contributed by atoms with E-state index in [2.05, 4.69) is 14.6 Å². The lowest BCUT2D eigenvalue weighted by molar-refractivity contribution is -0.138. The summed E-state index contributed by atoms with van der Waals surface area (Å²) >= 11 is 0. The Kier molecular flexibility index (Phi) is 10.0. The summed E-state index contributed by atoms with van der Waals surface area (Å²) in [5.74, 6) is -0.865. The van der Waals surface area contributed by atoms with Crippen molar-refractivity contribution < 1.29 is 36.6 Å². The fraction of sp³-hybridized carbons (Fsp3) is 0.469. The largest absolute Gasteiger partial charge is 0.543 e. The van der Waals surface area contributed by atoms with E-state index >= 15 is 0 Å². The number of nitrogens with one attached hydrogen (secondary N) is 1. The molecule has 8 atom stereocenters. The SMILES string of the molecule is BOC(=O)[C@@H]1CC=C(c2cc(C(=O)N(C)[C@@H]3[C@H]4CC[C@@H](C4)[C@@H]3C(=O)Nc3cccc(S(=O)(=O)C(C)(F)P)c3)c(OC)cc2P)CC1. The molecule has 246 valence electrons. The molecule has 0 spiro atoms. The van der Waals surface area contributed by atoms with Crippen LogP contribution >= 0.6 is 18.5 Å². The molecule has 0 saturated heterocycles. The van der Waals surface area contributed by atoms with Crippen molar-refractivity contribution in [1.29, 1.82) is 0 Å². The Hall–Kier alpha value is -2.81. The summed E-state index contributed by atoms with van der Waals surface area (Å²) in [5.41, 5.74) is 2.56. The van der Waals surface area contributed by atoms with Crippen molar-refractivity contribution in [3.05, 3.63) is 53.6 Å². The van der Waals surface area contributed by atoms with E-state index in [1.54, 1.807) is 27.3 Å². The van der Waals surface area contributed by atoms with Gasteiger partial charge in [0.2, 0.25) is 20.5 Å². The van der Waals surface area contributed by atoms with Crippen LogP contribution in [0.1, 0.15) is 61.4 Å². The van der Waals surface area contributed by atoms with Crippen molar-refractivity contribution in [2.24, 2.45) is 23.7 Å². The summed E-state index contributed by atoms with van der Waals surface area (Å²) in [5, 5.41) is 3.73. The molecule has 14 heteroatoms. The predicted octanol–water partition coefficient (Wildman–Crippen LogP) is 3.89. The Morgan fingerprint density at radius 1 is 1.13 bits per heavy atom. The maximum absolute atomic E-state index is 14.4. The second-order valence-corrected chi connectivity index (χ2v) is 17.0. The Labute approximate surface area is 275 Å². The number of methoxy groups -OCH3 is 1. The molecule has 2 bridgehead atoms. The van der Waals surface area contributed by atoms with Crippen molar-refractivity contribution in [2.45, 2.75) is 61.1 Å². The summed E-state index contributed by atoms with van der Waals surface area (Å²) in [4.78, 5) is 41.5. The number of anilines is 1. The predicted molar refractivity (Wildman–Crippen MR) is 184 cm³/mol. The van der Waals surface area contributed by atoms with E-state index in [0.29, 0.717) is 30.6 Å². The third kappa shape index (κ3) is 6.50. The van der Waals surface area contributed by atoms with E-state index in [9.17, 15) is 27.2 Å². The Balaban J connectivity index is 1.40. The fourth-order valence-electron chi connectivity index (χ4n) is 7.38. The van der Waals surface area contributed by atoms with Gasteiger partial charge < -0.3 is 19.6 Å². The number of halogens is 1. The van der Waals surface area contributed by atoms with Crippen LogP contribution in [-0.2, 0) is 24.1 Å². The van der Waals surface area contributed by atoms with E-state index in [-0.39, 0.29) is 52.2 Å². The van der Waals surface area contributed by atoms with Crippen LogP contribution in [-0.4, -0.2) is 64.1 Å². The highest BCUT2D eigenvalue weighted by atomic mass is 32.2. The number of alkyl halides is 1. The highest BCUT2D eigenvalue weighted by Crippen LogP contribution is 2.51. The van der Waals surface area contributed by atoms with Crippen LogP contribution in [0.25, 0.3) is 5.57 Å². The van der Waals surface area contributed by atoms with Crippen molar-refractivity contribution in [3.8, 4) is 5.75 Å². The van der Waals surface area contributed by atoms with Crippen LogP contribution in [0.3, 0.4) is 0 Å². The molecule has 2 saturated carbocycles. The number of rotatable bonds is 9. The molecule has 1 N–H and O–H groups in total. The van der Waals surface area contributed by atoms with Gasteiger partial charge in [0.25, 0.3) is 11.9 Å². The Morgan fingerprint density at radius 3 is 2.48 bits per heavy atom. The molecule has 46 heavy (non-hydrogen) atoms. The Bertz CT molecular complexity index is 1700. The Morgan fingerprint density at radius 2 is 1.85 bits per heavy atom. The van der Waals surface area contributed by atoms with Gasteiger partial charge in [0.05, 0.1) is 29.4 Å². The van der Waals surface area contributed by atoms with Gasteiger partial charge in [-0.15, -0.1) is 9.24 Å². The summed E-state index contributed by atoms with van der Waals surface area (Å²) in [7, 11) is 4.73. The molecular weight excluding hydrogens is 648 g/mol.